The SMILES string of the molecule is COc1ccc(-c2nc3ccc(Oc4ccc(N5CCCC56C(=O)NC(=O)NC6=O)cn4)cc3[nH]2)cc1. The summed E-state index contributed by atoms with van der Waals surface area (Å²) in [5, 5.41) is 4.42. The van der Waals surface area contributed by atoms with E-state index in [1.54, 1.807) is 36.4 Å². The van der Waals surface area contributed by atoms with Crippen molar-refractivity contribution >= 4 is 34.6 Å². The van der Waals surface area contributed by atoms with Crippen molar-refractivity contribution in [2.75, 3.05) is 18.6 Å². The number of methoxy groups -OCH3 is 1. The van der Waals surface area contributed by atoms with Gasteiger partial charge in [-0.15, -0.1) is 0 Å². The number of imidazole rings is 1. The largest absolute Gasteiger partial charge is 0.497 e. The van der Waals surface area contributed by atoms with Crippen LogP contribution >= 0.6 is 0 Å². The predicted octanol–water partition coefficient (Wildman–Crippen LogP) is 3.13. The summed E-state index contributed by atoms with van der Waals surface area (Å²) >= 11 is 0. The van der Waals surface area contributed by atoms with Crippen molar-refractivity contribution in [1.82, 2.24) is 25.6 Å². The van der Waals surface area contributed by atoms with Crippen LogP contribution in [-0.4, -0.2) is 52.0 Å². The highest BCUT2D eigenvalue weighted by Crippen LogP contribution is 2.36. The monoisotopic (exact) mass is 498 g/mol. The number of hydrogen-bond donors (Lipinski definition) is 3. The Morgan fingerprint density at radius 2 is 1.70 bits per heavy atom. The lowest BCUT2D eigenvalue weighted by molar-refractivity contribution is -0.137. The molecule has 6 rings (SSSR count). The third kappa shape index (κ3) is 3.80. The summed E-state index contributed by atoms with van der Waals surface area (Å²) in [6.07, 6.45) is 2.48. The number of aromatic nitrogens is 3. The first-order valence-corrected chi connectivity index (χ1v) is 11.7. The van der Waals surface area contributed by atoms with Crippen molar-refractivity contribution in [3.8, 4) is 28.8 Å². The average molecular weight is 498 g/mol. The number of pyridine rings is 1. The van der Waals surface area contributed by atoms with Crippen LogP contribution in [0.1, 0.15) is 12.8 Å². The van der Waals surface area contributed by atoms with E-state index in [4.69, 9.17) is 9.47 Å². The number of H-pyrrole nitrogens is 1. The number of hydrogen-bond acceptors (Lipinski definition) is 8. The number of carbonyl (C=O) groups excluding carboxylic acids is 3. The van der Waals surface area contributed by atoms with Crippen LogP contribution in [0.4, 0.5) is 10.5 Å². The highest BCUT2D eigenvalue weighted by molar-refractivity contribution is 6.24. The Morgan fingerprint density at radius 1 is 0.946 bits per heavy atom. The number of urea groups is 1. The van der Waals surface area contributed by atoms with E-state index >= 15 is 0 Å². The molecule has 2 saturated heterocycles. The molecule has 3 N–H and O–H groups in total. The normalized spacial score (nSPS) is 16.7. The Bertz CT molecular complexity index is 1510. The molecule has 4 aromatic rings. The molecule has 2 fully saturated rings. The summed E-state index contributed by atoms with van der Waals surface area (Å²) < 4.78 is 11.2. The molecule has 0 unspecified atom stereocenters. The first kappa shape index (κ1) is 22.5. The number of rotatable bonds is 5. The highest BCUT2D eigenvalue weighted by atomic mass is 16.5. The van der Waals surface area contributed by atoms with Crippen LogP contribution < -0.4 is 25.0 Å². The second-order valence-electron chi connectivity index (χ2n) is 8.80. The zero-order valence-electron chi connectivity index (χ0n) is 19.8. The number of benzene rings is 2. The van der Waals surface area contributed by atoms with E-state index in [9.17, 15) is 14.4 Å². The second kappa shape index (κ2) is 8.63. The summed E-state index contributed by atoms with van der Waals surface area (Å²) in [5.41, 5.74) is 1.65. The molecule has 0 atom stereocenters. The van der Waals surface area contributed by atoms with Crippen LogP contribution in [0.25, 0.3) is 22.4 Å². The Hall–Kier alpha value is -4.93. The van der Waals surface area contributed by atoms with Gasteiger partial charge in [0.15, 0.2) is 5.54 Å². The van der Waals surface area contributed by atoms with Gasteiger partial charge in [0.05, 0.1) is 30.0 Å². The van der Waals surface area contributed by atoms with Gasteiger partial charge in [0.1, 0.15) is 17.3 Å². The molecule has 2 aliphatic heterocycles. The second-order valence-corrected chi connectivity index (χ2v) is 8.80. The van der Waals surface area contributed by atoms with E-state index in [0.29, 0.717) is 36.7 Å². The number of imide groups is 2. The Morgan fingerprint density at radius 3 is 2.41 bits per heavy atom. The van der Waals surface area contributed by atoms with E-state index in [2.05, 4.69) is 25.6 Å². The molecular weight excluding hydrogens is 476 g/mol. The van der Waals surface area contributed by atoms with Crippen molar-refractivity contribution in [3.63, 3.8) is 0 Å². The number of ether oxygens (including phenoxy) is 2. The molecule has 0 radical (unpaired) electrons. The predicted molar refractivity (Wildman–Crippen MR) is 133 cm³/mol. The van der Waals surface area contributed by atoms with E-state index in [1.165, 1.54) is 0 Å². The lowest BCUT2D eigenvalue weighted by Gasteiger charge is -2.38. The molecule has 1 spiro atoms. The number of fused-ring (bicyclic) bond motifs is 1. The van der Waals surface area contributed by atoms with Crippen molar-refractivity contribution < 1.29 is 23.9 Å². The van der Waals surface area contributed by atoms with Crippen LogP contribution in [0, 0.1) is 0 Å². The van der Waals surface area contributed by atoms with Crippen molar-refractivity contribution in [3.05, 3.63) is 60.8 Å². The Labute approximate surface area is 210 Å². The van der Waals surface area contributed by atoms with Crippen molar-refractivity contribution in [2.45, 2.75) is 18.4 Å². The molecule has 11 nitrogen and oxygen atoms in total. The van der Waals surface area contributed by atoms with E-state index in [-0.39, 0.29) is 0 Å². The molecule has 4 heterocycles. The number of aromatic amines is 1. The van der Waals surface area contributed by atoms with Crippen molar-refractivity contribution in [2.24, 2.45) is 0 Å². The van der Waals surface area contributed by atoms with Gasteiger partial charge in [-0.05, 0) is 55.3 Å². The van der Waals surface area contributed by atoms with Crippen LogP contribution in [0.5, 0.6) is 17.4 Å². The van der Waals surface area contributed by atoms with Gasteiger partial charge in [-0.2, -0.15) is 0 Å². The van der Waals surface area contributed by atoms with Crippen LogP contribution in [0.2, 0.25) is 0 Å². The van der Waals surface area contributed by atoms with Gasteiger partial charge >= 0.3 is 6.03 Å². The summed E-state index contributed by atoms with van der Waals surface area (Å²) in [7, 11) is 1.62. The third-order valence-electron chi connectivity index (χ3n) is 6.66. The molecule has 0 saturated carbocycles. The minimum Gasteiger partial charge on any atom is -0.497 e. The van der Waals surface area contributed by atoms with Gasteiger partial charge in [-0.25, -0.2) is 14.8 Å². The highest BCUT2D eigenvalue weighted by Gasteiger charge is 2.57. The first-order chi connectivity index (χ1) is 18.0. The minimum atomic E-state index is -1.47. The van der Waals surface area contributed by atoms with Gasteiger partial charge in [0.25, 0.3) is 11.8 Å². The van der Waals surface area contributed by atoms with Crippen molar-refractivity contribution in [1.29, 1.82) is 0 Å². The van der Waals surface area contributed by atoms with Gasteiger partial charge in [-0.3, -0.25) is 20.2 Å². The maximum Gasteiger partial charge on any atom is 0.328 e. The lowest BCUT2D eigenvalue weighted by Crippen LogP contribution is -2.71. The maximum absolute atomic E-state index is 12.7. The molecule has 11 heteroatoms. The number of carbonyl (C=O) groups is 3. The quantitative estimate of drug-likeness (QED) is 0.357. The van der Waals surface area contributed by atoms with Crippen LogP contribution in [-0.2, 0) is 9.59 Å². The topological polar surface area (TPSA) is 139 Å². The maximum atomic E-state index is 12.7. The van der Waals surface area contributed by atoms with Gasteiger partial charge in [0, 0.05) is 24.2 Å². The average Bonchev–Trinajstić information content (AvgIpc) is 3.53. The lowest BCUT2D eigenvalue weighted by atomic mass is 9.92. The fraction of sp³-hybridized carbons (Fsp3) is 0.192. The van der Waals surface area contributed by atoms with Gasteiger partial charge in [-0.1, -0.05) is 0 Å². The molecule has 0 bridgehead atoms. The molecule has 37 heavy (non-hydrogen) atoms. The van der Waals surface area contributed by atoms with E-state index < -0.39 is 23.4 Å². The molecule has 186 valence electrons. The Balaban J connectivity index is 1.21. The molecule has 2 aromatic heterocycles. The number of amides is 4. The van der Waals surface area contributed by atoms with Crippen LogP contribution in [0.15, 0.2) is 60.8 Å². The fourth-order valence-electron chi connectivity index (χ4n) is 4.84. The number of nitrogens with one attached hydrogen (secondary N) is 3. The van der Waals surface area contributed by atoms with E-state index in [1.807, 2.05) is 36.4 Å². The summed E-state index contributed by atoms with van der Waals surface area (Å²) in [5.74, 6) is 1.17. The Kier molecular flexibility index (Phi) is 5.25. The number of nitrogens with zero attached hydrogens (tertiary/aromatic N) is 3. The number of anilines is 1. The smallest absolute Gasteiger partial charge is 0.328 e. The molecule has 2 aliphatic rings. The zero-order chi connectivity index (χ0) is 25.6. The first-order valence-electron chi connectivity index (χ1n) is 11.7. The van der Waals surface area contributed by atoms with Crippen LogP contribution in [0.3, 0.4) is 0 Å². The molecule has 0 aliphatic carbocycles. The molecular formula is C26H22N6O5. The number of barbiturate groups is 1. The summed E-state index contributed by atoms with van der Waals surface area (Å²) in [6, 6.07) is 15.7. The fourth-order valence-corrected chi connectivity index (χ4v) is 4.84. The summed E-state index contributed by atoms with van der Waals surface area (Å²) in [4.78, 5) is 50.9. The summed E-state index contributed by atoms with van der Waals surface area (Å²) in [6.45, 7) is 0.476. The standard InChI is InChI=1S/C26H22N6O5/c1-36-17-6-3-15(4-7-17)22-28-19-9-8-18(13-20(19)29-22)37-21-10-5-16(14-27-21)32-12-2-11-26(32)23(33)30-25(35)31-24(26)34/h3-10,13-14H,2,11-12H2,1H3,(H,28,29)(H2,30,31,33,34,35). The van der Waals surface area contributed by atoms with E-state index in [0.717, 1.165) is 28.2 Å². The molecule has 2 aromatic carbocycles. The minimum absolute atomic E-state index is 0.304. The van der Waals surface area contributed by atoms with Gasteiger partial charge in [0.2, 0.25) is 5.88 Å². The zero-order valence-corrected chi connectivity index (χ0v) is 19.8. The van der Waals surface area contributed by atoms with Gasteiger partial charge < -0.3 is 19.4 Å². The molecule has 4 amide bonds. The third-order valence-corrected chi connectivity index (χ3v) is 6.66.